The molecule has 2 N–H and O–H groups in total. The summed E-state index contributed by atoms with van der Waals surface area (Å²) in [5.74, 6) is -0.486. The van der Waals surface area contributed by atoms with Crippen molar-refractivity contribution in [3.8, 4) is 0 Å². The van der Waals surface area contributed by atoms with E-state index >= 15 is 0 Å². The van der Waals surface area contributed by atoms with Gasteiger partial charge < -0.3 is 10.4 Å². The molecule has 94 valence electrons. The van der Waals surface area contributed by atoms with E-state index in [0.29, 0.717) is 17.5 Å². The van der Waals surface area contributed by atoms with Crippen LogP contribution in [0.5, 0.6) is 0 Å². The van der Waals surface area contributed by atoms with Crippen LogP contribution in [0, 0.1) is 13.8 Å². The summed E-state index contributed by atoms with van der Waals surface area (Å²) in [5, 5.41) is 14.0. The van der Waals surface area contributed by atoms with Crippen LogP contribution in [0.4, 0.5) is 5.95 Å². The Bertz CT molecular complexity index is 562. The van der Waals surface area contributed by atoms with Gasteiger partial charge in [-0.3, -0.25) is 0 Å². The van der Waals surface area contributed by atoms with Gasteiger partial charge in [0.25, 0.3) is 0 Å². The van der Waals surface area contributed by atoms with Gasteiger partial charge in [0.15, 0.2) is 5.69 Å². The van der Waals surface area contributed by atoms with Crippen LogP contribution in [0.3, 0.4) is 0 Å². The SMILES string of the molecule is Cc1cc(C)nc(NCc2nc(C(=O)O)cs2)n1. The van der Waals surface area contributed by atoms with Crippen LogP contribution in [0.25, 0.3) is 0 Å². The monoisotopic (exact) mass is 264 g/mol. The zero-order valence-corrected chi connectivity index (χ0v) is 10.8. The summed E-state index contributed by atoms with van der Waals surface area (Å²) in [7, 11) is 0. The van der Waals surface area contributed by atoms with Gasteiger partial charge >= 0.3 is 5.97 Å². The Hall–Kier alpha value is -2.02. The molecular formula is C11H12N4O2S. The molecule has 0 saturated heterocycles. The first kappa shape index (κ1) is 12.4. The number of aromatic carboxylic acids is 1. The average molecular weight is 264 g/mol. The lowest BCUT2D eigenvalue weighted by atomic mass is 10.4. The molecule has 0 aliphatic rings. The largest absolute Gasteiger partial charge is 0.476 e. The summed E-state index contributed by atoms with van der Waals surface area (Å²) in [4.78, 5) is 23.1. The Morgan fingerprint density at radius 1 is 1.33 bits per heavy atom. The standard InChI is InChI=1S/C11H12N4O2S/c1-6-3-7(2)14-11(13-6)12-4-9-15-8(5-18-9)10(16)17/h3,5H,4H2,1-2H3,(H,16,17)(H,12,13,14). The van der Waals surface area contributed by atoms with E-state index in [0.717, 1.165) is 11.4 Å². The van der Waals surface area contributed by atoms with Gasteiger partial charge in [-0.05, 0) is 19.9 Å². The minimum atomic E-state index is -1.01. The van der Waals surface area contributed by atoms with Crippen molar-refractivity contribution in [2.24, 2.45) is 0 Å². The summed E-state index contributed by atoms with van der Waals surface area (Å²) < 4.78 is 0. The molecule has 2 aromatic rings. The van der Waals surface area contributed by atoms with Crippen LogP contribution in [-0.4, -0.2) is 26.0 Å². The quantitative estimate of drug-likeness (QED) is 0.876. The van der Waals surface area contributed by atoms with Crippen molar-refractivity contribution in [1.82, 2.24) is 15.0 Å². The van der Waals surface area contributed by atoms with E-state index in [1.54, 1.807) is 0 Å². The number of aryl methyl sites for hydroxylation is 2. The van der Waals surface area contributed by atoms with Crippen LogP contribution >= 0.6 is 11.3 Å². The van der Waals surface area contributed by atoms with Crippen molar-refractivity contribution in [1.29, 1.82) is 0 Å². The Kier molecular flexibility index (Phi) is 3.52. The summed E-state index contributed by atoms with van der Waals surface area (Å²) >= 11 is 1.30. The maximum atomic E-state index is 10.7. The number of hydrogen-bond donors (Lipinski definition) is 2. The molecule has 6 nitrogen and oxygen atoms in total. The third-order valence-electron chi connectivity index (χ3n) is 2.15. The van der Waals surface area contributed by atoms with Gasteiger partial charge in [-0.25, -0.2) is 19.7 Å². The minimum absolute atomic E-state index is 0.0677. The highest BCUT2D eigenvalue weighted by Crippen LogP contribution is 2.12. The van der Waals surface area contributed by atoms with E-state index in [1.165, 1.54) is 16.7 Å². The molecule has 0 saturated carbocycles. The number of carboxylic acids is 1. The maximum Gasteiger partial charge on any atom is 0.355 e. The van der Waals surface area contributed by atoms with E-state index in [9.17, 15) is 4.79 Å². The molecule has 7 heteroatoms. The molecule has 0 aliphatic carbocycles. The van der Waals surface area contributed by atoms with Crippen LogP contribution in [0.15, 0.2) is 11.4 Å². The fraction of sp³-hybridized carbons (Fsp3) is 0.273. The predicted molar refractivity (Wildman–Crippen MR) is 67.9 cm³/mol. The van der Waals surface area contributed by atoms with E-state index in [2.05, 4.69) is 20.3 Å². The topological polar surface area (TPSA) is 88.0 Å². The molecule has 0 atom stereocenters. The smallest absolute Gasteiger partial charge is 0.355 e. The molecule has 2 aromatic heterocycles. The van der Waals surface area contributed by atoms with Crippen molar-refractivity contribution >= 4 is 23.3 Å². The Morgan fingerprint density at radius 3 is 2.56 bits per heavy atom. The number of hydrogen-bond acceptors (Lipinski definition) is 6. The second-order valence-electron chi connectivity index (χ2n) is 3.76. The molecule has 0 aromatic carbocycles. The van der Waals surface area contributed by atoms with Crippen LogP contribution in [0.1, 0.15) is 26.9 Å². The van der Waals surface area contributed by atoms with Crippen molar-refractivity contribution in [2.75, 3.05) is 5.32 Å². The van der Waals surface area contributed by atoms with Crippen molar-refractivity contribution in [3.63, 3.8) is 0 Å². The van der Waals surface area contributed by atoms with E-state index < -0.39 is 5.97 Å². The van der Waals surface area contributed by atoms with Gasteiger partial charge in [0.05, 0.1) is 6.54 Å². The Morgan fingerprint density at radius 2 is 2.00 bits per heavy atom. The number of aromatic nitrogens is 3. The van der Waals surface area contributed by atoms with Gasteiger partial charge in [0.2, 0.25) is 5.95 Å². The van der Waals surface area contributed by atoms with E-state index in [-0.39, 0.29) is 5.69 Å². The number of thiazole rings is 1. The normalized spacial score (nSPS) is 10.3. The van der Waals surface area contributed by atoms with Crippen LogP contribution in [-0.2, 0) is 6.54 Å². The van der Waals surface area contributed by atoms with E-state index in [4.69, 9.17) is 5.11 Å². The molecule has 0 spiro atoms. The number of nitrogens with zero attached hydrogens (tertiary/aromatic N) is 3. The Labute approximate surface area is 108 Å². The minimum Gasteiger partial charge on any atom is -0.476 e. The highest BCUT2D eigenvalue weighted by Gasteiger charge is 2.08. The zero-order valence-electron chi connectivity index (χ0n) is 9.97. The van der Waals surface area contributed by atoms with Gasteiger partial charge in [0.1, 0.15) is 5.01 Å². The number of carbonyl (C=O) groups is 1. The zero-order chi connectivity index (χ0) is 13.1. The first-order valence-corrected chi connectivity index (χ1v) is 6.16. The fourth-order valence-electron chi connectivity index (χ4n) is 1.45. The summed E-state index contributed by atoms with van der Waals surface area (Å²) in [6, 6.07) is 1.89. The Balaban J connectivity index is 2.04. The molecule has 18 heavy (non-hydrogen) atoms. The van der Waals surface area contributed by atoms with Gasteiger partial charge in [-0.1, -0.05) is 0 Å². The first-order chi connectivity index (χ1) is 8.54. The highest BCUT2D eigenvalue weighted by atomic mass is 32.1. The van der Waals surface area contributed by atoms with Crippen LogP contribution in [0.2, 0.25) is 0 Å². The molecule has 0 aliphatic heterocycles. The summed E-state index contributed by atoms with van der Waals surface area (Å²) in [6.07, 6.45) is 0. The van der Waals surface area contributed by atoms with Crippen LogP contribution < -0.4 is 5.32 Å². The number of carboxylic acid groups (broad SMARTS) is 1. The maximum absolute atomic E-state index is 10.7. The molecular weight excluding hydrogens is 252 g/mol. The van der Waals surface area contributed by atoms with E-state index in [1.807, 2.05) is 19.9 Å². The predicted octanol–water partition coefficient (Wildman–Crippen LogP) is 1.86. The number of anilines is 1. The molecule has 0 unspecified atom stereocenters. The average Bonchev–Trinajstić information content (AvgIpc) is 2.73. The third-order valence-corrected chi connectivity index (χ3v) is 3.00. The number of rotatable bonds is 4. The fourth-order valence-corrected chi connectivity index (χ4v) is 2.16. The summed E-state index contributed by atoms with van der Waals surface area (Å²) in [5.41, 5.74) is 1.84. The second-order valence-corrected chi connectivity index (χ2v) is 4.70. The lowest BCUT2D eigenvalue weighted by molar-refractivity contribution is 0.0691. The lowest BCUT2D eigenvalue weighted by Crippen LogP contribution is -2.05. The van der Waals surface area contributed by atoms with Crippen molar-refractivity contribution in [3.05, 3.63) is 33.5 Å². The molecule has 2 heterocycles. The third kappa shape index (κ3) is 3.01. The molecule has 0 radical (unpaired) electrons. The van der Waals surface area contributed by atoms with Gasteiger partial charge in [0, 0.05) is 16.8 Å². The number of nitrogens with one attached hydrogen (secondary N) is 1. The van der Waals surface area contributed by atoms with Gasteiger partial charge in [-0.15, -0.1) is 11.3 Å². The molecule has 0 bridgehead atoms. The molecule has 0 fully saturated rings. The second kappa shape index (κ2) is 5.09. The van der Waals surface area contributed by atoms with Crippen molar-refractivity contribution in [2.45, 2.75) is 20.4 Å². The lowest BCUT2D eigenvalue weighted by Gasteiger charge is -2.04. The highest BCUT2D eigenvalue weighted by molar-refractivity contribution is 7.09. The van der Waals surface area contributed by atoms with Crippen molar-refractivity contribution < 1.29 is 9.90 Å². The first-order valence-electron chi connectivity index (χ1n) is 5.28. The molecule has 2 rings (SSSR count). The molecule has 0 amide bonds. The summed E-state index contributed by atoms with van der Waals surface area (Å²) in [6.45, 7) is 4.21. The van der Waals surface area contributed by atoms with Gasteiger partial charge in [-0.2, -0.15) is 0 Å².